The summed E-state index contributed by atoms with van der Waals surface area (Å²) in [5.74, 6) is -0.746. The van der Waals surface area contributed by atoms with Crippen LogP contribution < -0.4 is 10.6 Å². The zero-order valence-corrected chi connectivity index (χ0v) is 10.7. The molecule has 2 heterocycles. The van der Waals surface area contributed by atoms with Crippen molar-refractivity contribution in [2.24, 2.45) is 5.92 Å². The average molecular weight is 269 g/mol. The highest BCUT2D eigenvalue weighted by Gasteiger charge is 2.29. The molecule has 3 amide bonds. The summed E-state index contributed by atoms with van der Waals surface area (Å²) in [7, 11) is 0. The van der Waals surface area contributed by atoms with Gasteiger partial charge < -0.3 is 20.6 Å². The van der Waals surface area contributed by atoms with Crippen LogP contribution in [0.25, 0.3) is 0 Å². The molecule has 2 aliphatic heterocycles. The Morgan fingerprint density at radius 2 is 2.21 bits per heavy atom. The lowest BCUT2D eigenvalue weighted by Crippen LogP contribution is -2.51. The minimum Gasteiger partial charge on any atom is -0.481 e. The van der Waals surface area contributed by atoms with Crippen molar-refractivity contribution in [3.8, 4) is 0 Å². The third-order valence-electron chi connectivity index (χ3n) is 3.63. The lowest BCUT2D eigenvalue weighted by molar-refractivity contribution is -0.138. The molecule has 0 radical (unpaired) electrons. The number of urea groups is 1. The van der Waals surface area contributed by atoms with E-state index in [-0.39, 0.29) is 30.3 Å². The monoisotopic (exact) mass is 269 g/mol. The summed E-state index contributed by atoms with van der Waals surface area (Å²) in [5, 5.41) is 14.3. The fourth-order valence-electron chi connectivity index (χ4n) is 2.55. The highest BCUT2D eigenvalue weighted by molar-refractivity contribution is 5.78. The molecule has 0 aromatic carbocycles. The van der Waals surface area contributed by atoms with Gasteiger partial charge in [0.15, 0.2) is 0 Å². The van der Waals surface area contributed by atoms with E-state index < -0.39 is 5.97 Å². The first-order valence-electron chi connectivity index (χ1n) is 6.58. The minimum absolute atomic E-state index is 0.0215. The molecule has 106 valence electrons. The Morgan fingerprint density at radius 1 is 1.42 bits per heavy atom. The van der Waals surface area contributed by atoms with Gasteiger partial charge in [-0.15, -0.1) is 0 Å². The number of carbonyl (C=O) groups is 3. The van der Waals surface area contributed by atoms with Crippen LogP contribution in [0.15, 0.2) is 0 Å². The zero-order chi connectivity index (χ0) is 13.8. The molecule has 0 bridgehead atoms. The summed E-state index contributed by atoms with van der Waals surface area (Å²) < 4.78 is 0. The molecule has 2 unspecified atom stereocenters. The Labute approximate surface area is 111 Å². The van der Waals surface area contributed by atoms with Gasteiger partial charge in [0.05, 0.1) is 0 Å². The third-order valence-corrected chi connectivity index (χ3v) is 3.63. The van der Waals surface area contributed by atoms with Crippen LogP contribution in [-0.2, 0) is 9.59 Å². The number of carboxylic acids is 1. The number of likely N-dealkylation sites (tertiary alicyclic amines) is 1. The molecule has 0 aromatic rings. The minimum atomic E-state index is -0.817. The number of hydrogen-bond acceptors (Lipinski definition) is 3. The lowest BCUT2D eigenvalue weighted by Gasteiger charge is -2.26. The molecule has 2 saturated heterocycles. The number of carbonyl (C=O) groups excluding carboxylic acids is 2. The SMILES string of the molecule is O=C(O)CC1CCN(C(=O)NC2CCC(=O)NC2)C1. The van der Waals surface area contributed by atoms with Crippen LogP contribution in [-0.4, -0.2) is 53.6 Å². The maximum atomic E-state index is 12.0. The van der Waals surface area contributed by atoms with E-state index >= 15 is 0 Å². The second-order valence-electron chi connectivity index (χ2n) is 5.19. The highest BCUT2D eigenvalue weighted by atomic mass is 16.4. The summed E-state index contributed by atoms with van der Waals surface area (Å²) in [6, 6.07) is -0.183. The number of aliphatic carboxylic acids is 1. The van der Waals surface area contributed by atoms with E-state index in [1.807, 2.05) is 0 Å². The molecular formula is C12H19N3O4. The molecule has 2 aliphatic rings. The molecule has 19 heavy (non-hydrogen) atoms. The molecule has 0 saturated carbocycles. The van der Waals surface area contributed by atoms with Crippen LogP contribution >= 0.6 is 0 Å². The number of nitrogens with zero attached hydrogens (tertiary/aromatic N) is 1. The van der Waals surface area contributed by atoms with Crippen molar-refractivity contribution in [1.29, 1.82) is 0 Å². The molecule has 2 fully saturated rings. The topological polar surface area (TPSA) is 98.7 Å². The Balaban J connectivity index is 1.75. The van der Waals surface area contributed by atoms with Crippen LogP contribution in [0.3, 0.4) is 0 Å². The molecule has 7 nitrogen and oxygen atoms in total. The first-order valence-corrected chi connectivity index (χ1v) is 6.58. The molecule has 2 rings (SSSR count). The number of rotatable bonds is 3. The first-order chi connectivity index (χ1) is 9.04. The Hall–Kier alpha value is -1.79. The normalized spacial score (nSPS) is 26.9. The van der Waals surface area contributed by atoms with Crippen LogP contribution in [0, 0.1) is 5.92 Å². The summed E-state index contributed by atoms with van der Waals surface area (Å²) >= 11 is 0. The predicted molar refractivity (Wildman–Crippen MR) is 66.5 cm³/mol. The van der Waals surface area contributed by atoms with Gasteiger partial charge in [0.2, 0.25) is 5.91 Å². The standard InChI is InChI=1S/C12H19N3O4/c16-10-2-1-9(6-13-10)14-12(19)15-4-3-8(7-15)5-11(17)18/h8-9H,1-7H2,(H,13,16)(H,14,19)(H,17,18). The van der Waals surface area contributed by atoms with E-state index in [2.05, 4.69) is 10.6 Å². The van der Waals surface area contributed by atoms with Gasteiger partial charge >= 0.3 is 12.0 Å². The quantitative estimate of drug-likeness (QED) is 0.659. The van der Waals surface area contributed by atoms with Gasteiger partial charge in [0.25, 0.3) is 0 Å². The van der Waals surface area contributed by atoms with Crippen molar-refractivity contribution in [1.82, 2.24) is 15.5 Å². The molecule has 7 heteroatoms. The average Bonchev–Trinajstić information content (AvgIpc) is 2.80. The number of amides is 3. The van der Waals surface area contributed by atoms with Crippen LogP contribution in [0.2, 0.25) is 0 Å². The van der Waals surface area contributed by atoms with E-state index in [0.717, 1.165) is 6.42 Å². The Morgan fingerprint density at radius 3 is 2.84 bits per heavy atom. The molecular weight excluding hydrogens is 250 g/mol. The molecule has 0 aliphatic carbocycles. The van der Waals surface area contributed by atoms with Crippen molar-refractivity contribution in [3.63, 3.8) is 0 Å². The Bertz CT molecular complexity index is 375. The summed E-state index contributed by atoms with van der Waals surface area (Å²) in [4.78, 5) is 35.3. The van der Waals surface area contributed by atoms with Gasteiger partial charge in [-0.1, -0.05) is 0 Å². The first kappa shape index (κ1) is 13.6. The van der Waals surface area contributed by atoms with Crippen molar-refractivity contribution in [3.05, 3.63) is 0 Å². The third kappa shape index (κ3) is 3.84. The fraction of sp³-hybridized carbons (Fsp3) is 0.750. The van der Waals surface area contributed by atoms with Gasteiger partial charge in [-0.25, -0.2) is 4.79 Å². The second-order valence-corrected chi connectivity index (χ2v) is 5.19. The fourth-order valence-corrected chi connectivity index (χ4v) is 2.55. The number of nitrogens with one attached hydrogen (secondary N) is 2. The van der Waals surface area contributed by atoms with Crippen LogP contribution in [0.4, 0.5) is 4.79 Å². The maximum absolute atomic E-state index is 12.0. The van der Waals surface area contributed by atoms with Crippen molar-refractivity contribution < 1.29 is 19.5 Å². The van der Waals surface area contributed by atoms with Gasteiger partial charge in [-0.3, -0.25) is 9.59 Å². The van der Waals surface area contributed by atoms with Gasteiger partial charge in [-0.05, 0) is 18.8 Å². The molecule has 0 spiro atoms. The predicted octanol–water partition coefficient (Wildman–Crippen LogP) is -0.229. The lowest BCUT2D eigenvalue weighted by atomic mass is 10.1. The highest BCUT2D eigenvalue weighted by Crippen LogP contribution is 2.19. The number of piperidine rings is 1. The van der Waals surface area contributed by atoms with Crippen LogP contribution in [0.1, 0.15) is 25.7 Å². The van der Waals surface area contributed by atoms with E-state index in [1.165, 1.54) is 0 Å². The van der Waals surface area contributed by atoms with E-state index in [1.54, 1.807) is 4.90 Å². The van der Waals surface area contributed by atoms with Gasteiger partial charge in [0, 0.05) is 38.5 Å². The van der Waals surface area contributed by atoms with Crippen LogP contribution in [0.5, 0.6) is 0 Å². The van der Waals surface area contributed by atoms with E-state index in [4.69, 9.17) is 5.11 Å². The summed E-state index contributed by atoms with van der Waals surface area (Å²) in [5.41, 5.74) is 0. The summed E-state index contributed by atoms with van der Waals surface area (Å²) in [6.07, 6.45) is 1.95. The Kier molecular flexibility index (Phi) is 4.24. The van der Waals surface area contributed by atoms with Crippen molar-refractivity contribution >= 4 is 17.9 Å². The van der Waals surface area contributed by atoms with Gasteiger partial charge in [-0.2, -0.15) is 0 Å². The van der Waals surface area contributed by atoms with Gasteiger partial charge in [0.1, 0.15) is 0 Å². The zero-order valence-electron chi connectivity index (χ0n) is 10.7. The molecule has 3 N–H and O–H groups in total. The largest absolute Gasteiger partial charge is 0.481 e. The van der Waals surface area contributed by atoms with Crippen molar-refractivity contribution in [2.75, 3.05) is 19.6 Å². The molecule has 2 atom stereocenters. The molecule has 0 aromatic heterocycles. The van der Waals surface area contributed by atoms with E-state index in [0.29, 0.717) is 32.5 Å². The second kappa shape index (κ2) is 5.90. The maximum Gasteiger partial charge on any atom is 0.317 e. The summed E-state index contributed by atoms with van der Waals surface area (Å²) in [6.45, 7) is 1.57. The smallest absolute Gasteiger partial charge is 0.317 e. The van der Waals surface area contributed by atoms with Crippen molar-refractivity contribution in [2.45, 2.75) is 31.7 Å². The number of hydrogen-bond donors (Lipinski definition) is 3. The number of carboxylic acid groups (broad SMARTS) is 1. The van der Waals surface area contributed by atoms with E-state index in [9.17, 15) is 14.4 Å².